The zero-order valence-corrected chi connectivity index (χ0v) is 10.3. The lowest BCUT2D eigenvalue weighted by atomic mass is 10.2. The standard InChI is InChI=1S/C11H13N3O2S/c1-2-3-6-12-11(17)8-4-5-10-9(7-8)13-16-14(10)15/h4-5,7H,2-3,6H2,1H3,(H,12,17). The molecule has 1 aromatic carbocycles. The summed E-state index contributed by atoms with van der Waals surface area (Å²) < 4.78 is 4.50. The number of thiocarbonyl (C=S) groups is 1. The summed E-state index contributed by atoms with van der Waals surface area (Å²) in [4.78, 5) is 1.05. The highest BCUT2D eigenvalue weighted by Gasteiger charge is 2.11. The smallest absolute Gasteiger partial charge is 0.249 e. The number of benzene rings is 1. The Hall–Kier alpha value is -1.69. The second-order valence-electron chi connectivity index (χ2n) is 3.74. The Kier molecular flexibility index (Phi) is 3.53. The van der Waals surface area contributed by atoms with Crippen LogP contribution in [0.2, 0.25) is 0 Å². The van der Waals surface area contributed by atoms with Crippen molar-refractivity contribution in [1.29, 1.82) is 0 Å². The Balaban J connectivity index is 2.15. The van der Waals surface area contributed by atoms with Crippen LogP contribution in [0, 0.1) is 5.21 Å². The summed E-state index contributed by atoms with van der Waals surface area (Å²) in [6.45, 7) is 2.98. The fourth-order valence-electron chi connectivity index (χ4n) is 1.50. The summed E-state index contributed by atoms with van der Waals surface area (Å²) in [5, 5.41) is 17.9. The molecule has 1 heterocycles. The predicted octanol–water partition coefficient (Wildman–Crippen LogP) is 1.53. The van der Waals surface area contributed by atoms with Gasteiger partial charge in [-0.25, -0.2) is 0 Å². The highest BCUT2D eigenvalue weighted by molar-refractivity contribution is 7.80. The Morgan fingerprint density at radius 1 is 1.59 bits per heavy atom. The molecule has 5 nitrogen and oxygen atoms in total. The van der Waals surface area contributed by atoms with Crippen LogP contribution in [0.5, 0.6) is 0 Å². The minimum Gasteiger partial charge on any atom is -0.376 e. The maximum atomic E-state index is 11.1. The SMILES string of the molecule is CCCCNC(=S)c1ccc2c(c1)no[n+]2[O-]. The lowest BCUT2D eigenvalue weighted by Crippen LogP contribution is -2.24. The van der Waals surface area contributed by atoms with Gasteiger partial charge < -0.3 is 10.5 Å². The van der Waals surface area contributed by atoms with E-state index < -0.39 is 0 Å². The van der Waals surface area contributed by atoms with Crippen molar-refractivity contribution in [1.82, 2.24) is 10.5 Å². The van der Waals surface area contributed by atoms with E-state index in [0.29, 0.717) is 20.9 Å². The van der Waals surface area contributed by atoms with E-state index >= 15 is 0 Å². The van der Waals surface area contributed by atoms with Crippen LogP contribution in [0.15, 0.2) is 22.8 Å². The van der Waals surface area contributed by atoms with Crippen LogP contribution in [-0.2, 0) is 0 Å². The average Bonchev–Trinajstić information content (AvgIpc) is 2.71. The number of hydrogen-bond acceptors (Lipinski definition) is 4. The van der Waals surface area contributed by atoms with Crippen LogP contribution in [0.3, 0.4) is 0 Å². The minimum absolute atomic E-state index is 0.382. The van der Waals surface area contributed by atoms with E-state index in [-0.39, 0.29) is 0 Å². The monoisotopic (exact) mass is 251 g/mol. The van der Waals surface area contributed by atoms with Crippen molar-refractivity contribution in [3.05, 3.63) is 29.0 Å². The molecule has 90 valence electrons. The highest BCUT2D eigenvalue weighted by atomic mass is 32.1. The normalized spacial score (nSPS) is 10.6. The Morgan fingerprint density at radius 3 is 3.18 bits per heavy atom. The van der Waals surface area contributed by atoms with Gasteiger partial charge in [0.2, 0.25) is 11.0 Å². The topological polar surface area (TPSA) is 65.0 Å². The van der Waals surface area contributed by atoms with Crippen molar-refractivity contribution in [2.45, 2.75) is 19.8 Å². The lowest BCUT2D eigenvalue weighted by molar-refractivity contribution is -0.782. The van der Waals surface area contributed by atoms with Crippen molar-refractivity contribution in [3.63, 3.8) is 0 Å². The summed E-state index contributed by atoms with van der Waals surface area (Å²) in [6.07, 6.45) is 2.20. The third kappa shape index (κ3) is 2.52. The van der Waals surface area contributed by atoms with Gasteiger partial charge in [0, 0.05) is 23.3 Å². The van der Waals surface area contributed by atoms with Gasteiger partial charge in [-0.05, 0) is 23.5 Å². The van der Waals surface area contributed by atoms with Crippen molar-refractivity contribution < 1.29 is 9.53 Å². The Morgan fingerprint density at radius 2 is 2.41 bits per heavy atom. The van der Waals surface area contributed by atoms with Crippen LogP contribution in [-0.4, -0.2) is 16.7 Å². The first-order valence-electron chi connectivity index (χ1n) is 5.50. The first kappa shape index (κ1) is 11.8. The van der Waals surface area contributed by atoms with Crippen LogP contribution in [0.25, 0.3) is 11.0 Å². The number of nitrogens with one attached hydrogen (secondary N) is 1. The van der Waals surface area contributed by atoms with Gasteiger partial charge in [0.25, 0.3) is 0 Å². The van der Waals surface area contributed by atoms with Gasteiger partial charge in [-0.2, -0.15) is 0 Å². The fourth-order valence-corrected chi connectivity index (χ4v) is 1.73. The number of unbranched alkanes of at least 4 members (excludes halogenated alkanes) is 1. The molecule has 0 aliphatic heterocycles. The van der Waals surface area contributed by atoms with Crippen LogP contribution in [0.4, 0.5) is 0 Å². The quantitative estimate of drug-likeness (QED) is 0.507. The van der Waals surface area contributed by atoms with Crippen molar-refractivity contribution in [3.8, 4) is 0 Å². The van der Waals surface area contributed by atoms with Gasteiger partial charge in [-0.3, -0.25) is 4.63 Å². The second-order valence-corrected chi connectivity index (χ2v) is 4.15. The molecule has 17 heavy (non-hydrogen) atoms. The molecule has 1 N–H and O–H groups in total. The highest BCUT2D eigenvalue weighted by Crippen LogP contribution is 2.10. The summed E-state index contributed by atoms with van der Waals surface area (Å²) in [7, 11) is 0. The third-order valence-corrected chi connectivity index (χ3v) is 2.84. The van der Waals surface area contributed by atoms with Gasteiger partial charge in [0.15, 0.2) is 0 Å². The van der Waals surface area contributed by atoms with Gasteiger partial charge in [-0.15, -0.1) is 0 Å². The summed E-state index contributed by atoms with van der Waals surface area (Å²) in [5.74, 6) is 0. The van der Waals surface area contributed by atoms with Gasteiger partial charge in [0.05, 0.1) is 0 Å². The molecule has 2 rings (SSSR count). The van der Waals surface area contributed by atoms with E-state index in [2.05, 4.69) is 22.0 Å². The van der Waals surface area contributed by atoms with E-state index in [1.807, 2.05) is 0 Å². The van der Waals surface area contributed by atoms with Crippen LogP contribution in [0.1, 0.15) is 25.3 Å². The molecule has 0 saturated heterocycles. The van der Waals surface area contributed by atoms with Gasteiger partial charge >= 0.3 is 0 Å². The van der Waals surface area contributed by atoms with E-state index in [9.17, 15) is 5.21 Å². The van der Waals surface area contributed by atoms with E-state index in [4.69, 9.17) is 12.2 Å². The summed E-state index contributed by atoms with van der Waals surface area (Å²) >= 11 is 5.25. The minimum atomic E-state index is 0.382. The zero-order chi connectivity index (χ0) is 12.3. The lowest BCUT2D eigenvalue weighted by Gasteiger charge is -2.06. The Labute approximate surface area is 104 Å². The molecule has 0 saturated carbocycles. The molecule has 0 bridgehead atoms. The number of fused-ring (bicyclic) bond motifs is 1. The number of nitrogens with zero attached hydrogens (tertiary/aromatic N) is 2. The molecule has 0 atom stereocenters. The number of aromatic nitrogens is 2. The molecule has 0 unspecified atom stereocenters. The molecule has 2 aromatic rings. The van der Waals surface area contributed by atoms with E-state index in [1.165, 1.54) is 0 Å². The molecular weight excluding hydrogens is 238 g/mol. The van der Waals surface area contributed by atoms with Crippen molar-refractivity contribution in [2.24, 2.45) is 0 Å². The molecule has 0 amide bonds. The van der Waals surface area contributed by atoms with E-state index in [1.54, 1.807) is 18.2 Å². The maximum Gasteiger partial charge on any atom is 0.249 e. The molecule has 1 aromatic heterocycles. The molecule has 0 aliphatic carbocycles. The van der Waals surface area contributed by atoms with Gasteiger partial charge in [0.1, 0.15) is 4.99 Å². The summed E-state index contributed by atoms with van der Waals surface area (Å²) in [6, 6.07) is 5.19. The van der Waals surface area contributed by atoms with Crippen molar-refractivity contribution in [2.75, 3.05) is 6.54 Å². The predicted molar refractivity (Wildman–Crippen MR) is 67.6 cm³/mol. The van der Waals surface area contributed by atoms with Crippen LogP contribution < -0.4 is 10.2 Å². The fraction of sp³-hybridized carbons (Fsp3) is 0.364. The molecular formula is C11H13N3O2S. The molecule has 0 radical (unpaired) electrons. The molecule has 0 aliphatic rings. The van der Waals surface area contributed by atoms with Crippen LogP contribution >= 0.6 is 12.2 Å². The molecule has 0 fully saturated rings. The first-order valence-corrected chi connectivity index (χ1v) is 5.91. The summed E-state index contributed by atoms with van der Waals surface area (Å²) in [5.41, 5.74) is 1.76. The zero-order valence-electron chi connectivity index (χ0n) is 9.47. The van der Waals surface area contributed by atoms with Crippen molar-refractivity contribution >= 4 is 28.2 Å². The van der Waals surface area contributed by atoms with E-state index in [0.717, 1.165) is 24.9 Å². The molecule has 6 heteroatoms. The Bertz CT molecular complexity index is 538. The average molecular weight is 251 g/mol. The largest absolute Gasteiger partial charge is 0.376 e. The molecule has 0 spiro atoms. The number of rotatable bonds is 4. The second kappa shape index (κ2) is 5.09. The first-order chi connectivity index (χ1) is 8.22. The number of hydrogen-bond donors (Lipinski definition) is 1. The van der Waals surface area contributed by atoms with Gasteiger partial charge in [-0.1, -0.05) is 25.6 Å². The maximum absolute atomic E-state index is 11.1. The third-order valence-electron chi connectivity index (χ3n) is 2.46.